The van der Waals surface area contributed by atoms with Crippen molar-refractivity contribution in [2.24, 2.45) is 0 Å². The number of anilines is 1. The summed E-state index contributed by atoms with van der Waals surface area (Å²) < 4.78 is 0. The zero-order valence-corrected chi connectivity index (χ0v) is 15.7. The van der Waals surface area contributed by atoms with Crippen LogP contribution >= 0.6 is 0 Å². The number of benzene rings is 1. The number of fused-ring (bicyclic) bond motifs is 1. The largest absolute Gasteiger partial charge is 0.369 e. The van der Waals surface area contributed by atoms with E-state index in [-0.39, 0.29) is 11.8 Å². The van der Waals surface area contributed by atoms with Gasteiger partial charge in [0.1, 0.15) is 6.04 Å². The Labute approximate surface area is 155 Å². The van der Waals surface area contributed by atoms with Crippen LogP contribution in [0.25, 0.3) is 0 Å². The Kier molecular flexibility index (Phi) is 5.61. The van der Waals surface area contributed by atoms with E-state index in [2.05, 4.69) is 28.2 Å². The number of carbonyl (C=O) groups excluding carboxylic acids is 2. The summed E-state index contributed by atoms with van der Waals surface area (Å²) in [6.45, 7) is 12.2. The normalized spacial score (nSPS) is 22.5. The van der Waals surface area contributed by atoms with E-state index < -0.39 is 6.04 Å². The number of hydrogen-bond donors (Lipinski definition) is 2. The van der Waals surface area contributed by atoms with Crippen molar-refractivity contribution in [1.29, 1.82) is 0 Å². The van der Waals surface area contributed by atoms with E-state index in [0.29, 0.717) is 13.0 Å². The van der Waals surface area contributed by atoms with E-state index in [9.17, 15) is 9.59 Å². The maximum atomic E-state index is 12.7. The zero-order chi connectivity index (χ0) is 18.7. The molecule has 2 fully saturated rings. The van der Waals surface area contributed by atoms with Gasteiger partial charge in [0.25, 0.3) is 5.91 Å². The second-order valence-electron chi connectivity index (χ2n) is 6.66. The maximum Gasteiger partial charge on any atom is 0.255 e. The lowest BCUT2D eigenvalue weighted by Gasteiger charge is -2.31. The lowest BCUT2D eigenvalue weighted by molar-refractivity contribution is -0.126. The van der Waals surface area contributed by atoms with Gasteiger partial charge in [-0.15, -0.1) is 0 Å². The van der Waals surface area contributed by atoms with Gasteiger partial charge in [0.2, 0.25) is 5.91 Å². The molecule has 6 heteroatoms. The van der Waals surface area contributed by atoms with Crippen LogP contribution in [-0.4, -0.2) is 48.9 Å². The number of rotatable bonds is 2. The molecule has 2 amide bonds. The van der Waals surface area contributed by atoms with Crippen molar-refractivity contribution in [3.63, 3.8) is 0 Å². The van der Waals surface area contributed by atoms with Crippen LogP contribution in [0.1, 0.15) is 42.6 Å². The fraction of sp³-hybridized carbons (Fsp3) is 0.500. The minimum absolute atomic E-state index is 0.0375. The van der Waals surface area contributed by atoms with Crippen molar-refractivity contribution in [3.05, 3.63) is 41.6 Å². The van der Waals surface area contributed by atoms with E-state index in [1.54, 1.807) is 4.90 Å². The van der Waals surface area contributed by atoms with E-state index in [1.165, 1.54) is 0 Å². The van der Waals surface area contributed by atoms with Gasteiger partial charge in [-0.25, -0.2) is 0 Å². The first-order valence-electron chi connectivity index (χ1n) is 9.52. The lowest BCUT2D eigenvalue weighted by atomic mass is 10.0. The molecule has 3 heterocycles. The Bertz CT molecular complexity index is 710. The summed E-state index contributed by atoms with van der Waals surface area (Å²) in [5.74, 6) is -0.153. The molecule has 0 aliphatic carbocycles. The van der Waals surface area contributed by atoms with Gasteiger partial charge in [-0.05, 0) is 36.6 Å². The first-order valence-corrected chi connectivity index (χ1v) is 9.52. The molecule has 3 aliphatic rings. The summed E-state index contributed by atoms with van der Waals surface area (Å²) in [6.07, 6.45) is 1.37. The fourth-order valence-corrected chi connectivity index (χ4v) is 3.76. The third kappa shape index (κ3) is 3.46. The molecule has 1 aromatic carbocycles. The van der Waals surface area contributed by atoms with Gasteiger partial charge < -0.3 is 20.4 Å². The first-order chi connectivity index (χ1) is 12.6. The molecule has 0 aromatic heterocycles. The van der Waals surface area contributed by atoms with Crippen LogP contribution in [0.3, 0.4) is 0 Å². The highest BCUT2D eigenvalue weighted by atomic mass is 16.2. The summed E-state index contributed by atoms with van der Waals surface area (Å²) in [6, 6.07) is 5.65. The minimum Gasteiger partial charge on any atom is -0.369 e. The highest BCUT2D eigenvalue weighted by Crippen LogP contribution is 2.31. The van der Waals surface area contributed by atoms with Gasteiger partial charge in [-0.2, -0.15) is 0 Å². The molecular formula is C20H28N4O2. The second kappa shape index (κ2) is 7.91. The topological polar surface area (TPSA) is 64.7 Å². The Morgan fingerprint density at radius 3 is 2.58 bits per heavy atom. The Hall–Kier alpha value is -2.34. The molecule has 4 rings (SSSR count). The molecule has 6 nitrogen and oxygen atoms in total. The third-order valence-electron chi connectivity index (χ3n) is 5.10. The van der Waals surface area contributed by atoms with Gasteiger partial charge in [-0.1, -0.05) is 20.4 Å². The second-order valence-corrected chi connectivity index (χ2v) is 6.66. The summed E-state index contributed by atoms with van der Waals surface area (Å²) in [7, 11) is 0. The number of piperidine rings is 1. The SMILES string of the molecule is C=C1CCC(N2Cc3cc(N4CCNCC4)ccc3C2=O)C(=O)N1.CC. The highest BCUT2D eigenvalue weighted by Gasteiger charge is 2.38. The molecule has 3 aliphatic heterocycles. The molecule has 1 unspecified atom stereocenters. The standard InChI is InChI=1S/C18H22N4O2.C2H6/c1-12-2-5-16(17(23)20-12)22-11-13-10-14(3-4-15(13)18(22)24)21-8-6-19-7-9-21;1-2/h3-4,10,16,19H,1-2,5-9,11H2,(H,20,23);1-2H3. The minimum atomic E-state index is -0.391. The number of carbonyl (C=O) groups is 2. The highest BCUT2D eigenvalue weighted by molar-refractivity contribution is 6.01. The number of hydrogen-bond acceptors (Lipinski definition) is 4. The molecule has 26 heavy (non-hydrogen) atoms. The molecule has 1 aromatic rings. The van der Waals surface area contributed by atoms with Gasteiger partial charge >= 0.3 is 0 Å². The number of piperazine rings is 1. The van der Waals surface area contributed by atoms with Crippen molar-refractivity contribution in [3.8, 4) is 0 Å². The quantitative estimate of drug-likeness (QED) is 0.849. The molecule has 1 atom stereocenters. The van der Waals surface area contributed by atoms with Crippen molar-refractivity contribution < 1.29 is 9.59 Å². The van der Waals surface area contributed by atoms with Crippen molar-refractivity contribution in [2.75, 3.05) is 31.1 Å². The van der Waals surface area contributed by atoms with E-state index in [1.807, 2.05) is 26.0 Å². The predicted octanol–water partition coefficient (Wildman–Crippen LogP) is 1.87. The van der Waals surface area contributed by atoms with Crippen LogP contribution < -0.4 is 15.5 Å². The molecule has 0 bridgehead atoms. The predicted molar refractivity (Wildman–Crippen MR) is 103 cm³/mol. The molecular weight excluding hydrogens is 328 g/mol. The average molecular weight is 356 g/mol. The summed E-state index contributed by atoms with van der Waals surface area (Å²) in [4.78, 5) is 29.0. The van der Waals surface area contributed by atoms with E-state index in [4.69, 9.17) is 0 Å². The van der Waals surface area contributed by atoms with Gasteiger partial charge in [0.15, 0.2) is 0 Å². The fourth-order valence-electron chi connectivity index (χ4n) is 3.76. The lowest BCUT2D eigenvalue weighted by Crippen LogP contribution is -2.49. The molecule has 0 spiro atoms. The van der Waals surface area contributed by atoms with Crippen molar-refractivity contribution >= 4 is 17.5 Å². The molecule has 2 saturated heterocycles. The number of nitrogens with one attached hydrogen (secondary N) is 2. The maximum absolute atomic E-state index is 12.7. The summed E-state index contributed by atoms with van der Waals surface area (Å²) in [5, 5.41) is 6.12. The van der Waals surface area contributed by atoms with Crippen molar-refractivity contribution in [1.82, 2.24) is 15.5 Å². The van der Waals surface area contributed by atoms with Crippen LogP contribution in [0.2, 0.25) is 0 Å². The van der Waals surface area contributed by atoms with Crippen LogP contribution in [0, 0.1) is 0 Å². The molecule has 140 valence electrons. The Morgan fingerprint density at radius 2 is 1.88 bits per heavy atom. The first kappa shape index (κ1) is 18.5. The Morgan fingerprint density at radius 1 is 1.15 bits per heavy atom. The van der Waals surface area contributed by atoms with Crippen LogP contribution in [0.4, 0.5) is 5.69 Å². The summed E-state index contributed by atoms with van der Waals surface area (Å²) >= 11 is 0. The summed E-state index contributed by atoms with van der Waals surface area (Å²) in [5.41, 5.74) is 3.65. The average Bonchev–Trinajstić information content (AvgIpc) is 3.00. The molecule has 2 N–H and O–H groups in total. The molecule has 0 saturated carbocycles. The number of amides is 2. The Balaban J connectivity index is 0.000000948. The van der Waals surface area contributed by atoms with Gasteiger partial charge in [0, 0.05) is 49.7 Å². The monoisotopic (exact) mass is 356 g/mol. The van der Waals surface area contributed by atoms with E-state index in [0.717, 1.165) is 55.1 Å². The number of allylic oxidation sites excluding steroid dienone is 1. The molecule has 0 radical (unpaired) electrons. The van der Waals surface area contributed by atoms with Gasteiger partial charge in [0.05, 0.1) is 0 Å². The zero-order valence-electron chi connectivity index (χ0n) is 15.7. The number of nitrogens with zero attached hydrogens (tertiary/aromatic N) is 2. The smallest absolute Gasteiger partial charge is 0.255 e. The van der Waals surface area contributed by atoms with E-state index >= 15 is 0 Å². The van der Waals surface area contributed by atoms with Crippen LogP contribution in [-0.2, 0) is 11.3 Å². The van der Waals surface area contributed by atoms with Crippen LogP contribution in [0.5, 0.6) is 0 Å². The van der Waals surface area contributed by atoms with Gasteiger partial charge in [-0.3, -0.25) is 9.59 Å². The van der Waals surface area contributed by atoms with Crippen molar-refractivity contribution in [2.45, 2.75) is 39.3 Å². The van der Waals surface area contributed by atoms with Crippen LogP contribution in [0.15, 0.2) is 30.5 Å². The third-order valence-corrected chi connectivity index (χ3v) is 5.10.